The molecule has 0 saturated heterocycles. The van der Waals surface area contributed by atoms with Gasteiger partial charge < -0.3 is 5.32 Å². The van der Waals surface area contributed by atoms with E-state index >= 15 is 0 Å². The van der Waals surface area contributed by atoms with E-state index in [1.807, 2.05) is 21.0 Å². The van der Waals surface area contributed by atoms with Gasteiger partial charge in [-0.1, -0.05) is 19.8 Å². The number of unbranched alkanes of at least 4 members (excludes halogenated alkanes) is 2. The summed E-state index contributed by atoms with van der Waals surface area (Å²) in [4.78, 5) is 0. The van der Waals surface area contributed by atoms with Crippen LogP contribution >= 0.6 is 0 Å². The zero-order valence-corrected chi connectivity index (χ0v) is 9.77. The van der Waals surface area contributed by atoms with Crippen LogP contribution in [-0.4, -0.2) is 32.6 Å². The van der Waals surface area contributed by atoms with E-state index in [0.717, 1.165) is 12.8 Å². The molecule has 14 heavy (non-hydrogen) atoms. The molecule has 0 aliphatic heterocycles. The summed E-state index contributed by atoms with van der Waals surface area (Å²) in [5.74, 6) is 0. The van der Waals surface area contributed by atoms with Gasteiger partial charge in [0.25, 0.3) is 10.1 Å². The molecule has 0 bridgehead atoms. The highest BCUT2D eigenvalue weighted by molar-refractivity contribution is 7.86. The molecule has 0 aliphatic carbocycles. The van der Waals surface area contributed by atoms with Crippen LogP contribution in [0.25, 0.3) is 0 Å². The number of alkyl halides is 1. The highest BCUT2D eigenvalue weighted by Gasteiger charge is 2.20. The molecular formula is C8H20FNO3S. The molecule has 0 heterocycles. The summed E-state index contributed by atoms with van der Waals surface area (Å²) >= 11 is 0. The Morgan fingerprint density at radius 2 is 1.79 bits per heavy atom. The maximum atomic E-state index is 12.4. The lowest BCUT2D eigenvalue weighted by Crippen LogP contribution is -2.14. The average molecular weight is 229 g/mol. The predicted octanol–water partition coefficient (Wildman–Crippen LogP) is 1.59. The van der Waals surface area contributed by atoms with E-state index in [1.54, 1.807) is 0 Å². The van der Waals surface area contributed by atoms with Crippen molar-refractivity contribution in [1.29, 1.82) is 0 Å². The summed E-state index contributed by atoms with van der Waals surface area (Å²) in [6.45, 7) is 1.93. The van der Waals surface area contributed by atoms with Crippen LogP contribution in [0.2, 0.25) is 0 Å². The zero-order valence-electron chi connectivity index (χ0n) is 8.96. The molecule has 0 radical (unpaired) electrons. The zero-order chi connectivity index (χ0) is 11.6. The van der Waals surface area contributed by atoms with Gasteiger partial charge in [0.15, 0.2) is 0 Å². The monoisotopic (exact) mass is 229 g/mol. The fourth-order valence-electron chi connectivity index (χ4n) is 0.704. The standard InChI is InChI=1S/C6H13FO3S.C2H7N/c1-2-3-4-5-6(7)11(8,9)10;1-3-2/h6H,2-5H2,1H3,(H,8,9,10);3H,1-2H3. The highest BCUT2D eigenvalue weighted by atomic mass is 32.2. The minimum atomic E-state index is -4.45. The molecular weight excluding hydrogens is 209 g/mol. The Balaban J connectivity index is 0. The molecule has 6 heteroatoms. The van der Waals surface area contributed by atoms with Gasteiger partial charge in [-0.15, -0.1) is 0 Å². The summed E-state index contributed by atoms with van der Waals surface area (Å²) in [6.07, 6.45) is 2.08. The van der Waals surface area contributed by atoms with Crippen molar-refractivity contribution in [2.75, 3.05) is 14.1 Å². The summed E-state index contributed by atoms with van der Waals surface area (Å²) in [7, 11) is -0.700. The van der Waals surface area contributed by atoms with Gasteiger partial charge in [-0.2, -0.15) is 8.42 Å². The van der Waals surface area contributed by atoms with E-state index in [0.29, 0.717) is 6.42 Å². The van der Waals surface area contributed by atoms with Gasteiger partial charge in [0.2, 0.25) is 5.50 Å². The third kappa shape index (κ3) is 11.8. The molecule has 0 aromatic carbocycles. The van der Waals surface area contributed by atoms with E-state index in [-0.39, 0.29) is 6.42 Å². The second kappa shape index (κ2) is 9.36. The first-order valence-corrected chi connectivity index (χ1v) is 6.09. The number of hydrogen-bond donors (Lipinski definition) is 2. The van der Waals surface area contributed by atoms with Crippen LogP contribution in [0.5, 0.6) is 0 Å². The third-order valence-corrected chi connectivity index (χ3v) is 2.24. The number of halogens is 1. The van der Waals surface area contributed by atoms with Crippen LogP contribution in [0.1, 0.15) is 32.6 Å². The fraction of sp³-hybridized carbons (Fsp3) is 1.00. The summed E-state index contributed by atoms with van der Waals surface area (Å²) in [5, 5.41) is 2.75. The summed E-state index contributed by atoms with van der Waals surface area (Å²) < 4.78 is 40.8. The molecule has 0 saturated carbocycles. The van der Waals surface area contributed by atoms with Gasteiger partial charge in [-0.05, 0) is 26.9 Å². The molecule has 0 aliphatic rings. The average Bonchev–Trinajstić information content (AvgIpc) is 2.04. The van der Waals surface area contributed by atoms with Crippen LogP contribution in [0.15, 0.2) is 0 Å². The first-order valence-electron chi connectivity index (χ1n) is 4.59. The van der Waals surface area contributed by atoms with E-state index in [4.69, 9.17) is 4.55 Å². The van der Waals surface area contributed by atoms with Crippen molar-refractivity contribution in [2.45, 2.75) is 38.1 Å². The van der Waals surface area contributed by atoms with Crippen molar-refractivity contribution >= 4 is 10.1 Å². The molecule has 0 aromatic rings. The largest absolute Gasteiger partial charge is 0.323 e. The highest BCUT2D eigenvalue weighted by Crippen LogP contribution is 2.10. The molecule has 0 amide bonds. The first-order chi connectivity index (χ1) is 6.40. The lowest BCUT2D eigenvalue weighted by atomic mass is 10.2. The summed E-state index contributed by atoms with van der Waals surface area (Å²) in [6, 6.07) is 0. The predicted molar refractivity (Wildman–Crippen MR) is 55.6 cm³/mol. The molecule has 0 fully saturated rings. The van der Waals surface area contributed by atoms with Crippen LogP contribution in [0.4, 0.5) is 4.39 Å². The van der Waals surface area contributed by atoms with Crippen LogP contribution in [-0.2, 0) is 10.1 Å². The van der Waals surface area contributed by atoms with E-state index in [9.17, 15) is 12.8 Å². The first kappa shape index (κ1) is 16.2. The van der Waals surface area contributed by atoms with Crippen LogP contribution in [0, 0.1) is 0 Å². The topological polar surface area (TPSA) is 66.4 Å². The van der Waals surface area contributed by atoms with Crippen molar-refractivity contribution < 1.29 is 17.4 Å². The number of rotatable bonds is 5. The third-order valence-electron chi connectivity index (χ3n) is 1.36. The van der Waals surface area contributed by atoms with Crippen LogP contribution < -0.4 is 5.32 Å². The Morgan fingerprint density at radius 1 is 1.36 bits per heavy atom. The van der Waals surface area contributed by atoms with Crippen molar-refractivity contribution in [3.05, 3.63) is 0 Å². The van der Waals surface area contributed by atoms with Crippen LogP contribution in [0.3, 0.4) is 0 Å². The van der Waals surface area contributed by atoms with Gasteiger partial charge in [-0.3, -0.25) is 4.55 Å². The number of nitrogens with one attached hydrogen (secondary N) is 1. The molecule has 1 atom stereocenters. The van der Waals surface area contributed by atoms with Gasteiger partial charge in [0.1, 0.15) is 0 Å². The molecule has 1 unspecified atom stereocenters. The van der Waals surface area contributed by atoms with E-state index in [1.165, 1.54) is 0 Å². The van der Waals surface area contributed by atoms with Gasteiger partial charge in [0.05, 0.1) is 0 Å². The molecule has 0 rings (SSSR count). The Bertz CT molecular complexity index is 207. The Kier molecular flexibility index (Phi) is 10.9. The van der Waals surface area contributed by atoms with Gasteiger partial charge in [0, 0.05) is 0 Å². The maximum Gasteiger partial charge on any atom is 0.297 e. The molecule has 2 N–H and O–H groups in total. The minimum absolute atomic E-state index is 0.104. The lowest BCUT2D eigenvalue weighted by Gasteiger charge is -2.02. The molecule has 0 aromatic heterocycles. The fourth-order valence-corrected chi connectivity index (χ4v) is 1.17. The Labute approximate surface area is 85.6 Å². The van der Waals surface area contributed by atoms with Gasteiger partial charge in [-0.25, -0.2) is 4.39 Å². The normalized spacial score (nSPS) is 12.9. The second-order valence-corrected chi connectivity index (χ2v) is 4.46. The Morgan fingerprint density at radius 3 is 2.07 bits per heavy atom. The Hall–Kier alpha value is -0.200. The molecule has 4 nitrogen and oxygen atoms in total. The minimum Gasteiger partial charge on any atom is -0.323 e. The smallest absolute Gasteiger partial charge is 0.297 e. The molecule has 0 spiro atoms. The maximum absolute atomic E-state index is 12.4. The van der Waals surface area contributed by atoms with Crippen molar-refractivity contribution in [2.24, 2.45) is 0 Å². The van der Waals surface area contributed by atoms with Crippen molar-refractivity contribution in [1.82, 2.24) is 5.32 Å². The SMILES string of the molecule is CCCCCC(F)S(=O)(=O)O.CNC. The second-order valence-electron chi connectivity index (χ2n) is 2.92. The molecule has 88 valence electrons. The van der Waals surface area contributed by atoms with Crippen molar-refractivity contribution in [3.8, 4) is 0 Å². The number of hydrogen-bond acceptors (Lipinski definition) is 3. The van der Waals surface area contributed by atoms with Gasteiger partial charge >= 0.3 is 0 Å². The van der Waals surface area contributed by atoms with Crippen molar-refractivity contribution in [3.63, 3.8) is 0 Å². The van der Waals surface area contributed by atoms with E-state index < -0.39 is 15.6 Å². The van der Waals surface area contributed by atoms with E-state index in [2.05, 4.69) is 5.32 Å². The summed E-state index contributed by atoms with van der Waals surface area (Å²) in [5.41, 5.74) is -2.10. The quantitative estimate of drug-likeness (QED) is 0.555. The lowest BCUT2D eigenvalue weighted by molar-refractivity contribution is 0.351.